The van der Waals surface area contributed by atoms with Crippen LogP contribution in [0.1, 0.15) is 122 Å². The van der Waals surface area contributed by atoms with E-state index >= 15 is 0 Å². The zero-order valence-electron chi connectivity index (χ0n) is 23.2. The molecule has 11 heteroatoms. The Hall–Kier alpha value is -2.30. The molecule has 0 aromatic rings. The summed E-state index contributed by atoms with van der Waals surface area (Å²) >= 11 is 1.13. The second-order valence-electron chi connectivity index (χ2n) is 9.80. The molecule has 10 nitrogen and oxygen atoms in total. The van der Waals surface area contributed by atoms with Gasteiger partial charge < -0.3 is 20.8 Å². The van der Waals surface area contributed by atoms with Crippen molar-refractivity contribution in [2.75, 3.05) is 6.26 Å². The van der Waals surface area contributed by atoms with Gasteiger partial charge in [0.05, 0.1) is 0 Å². The fourth-order valence-electron chi connectivity index (χ4n) is 4.05. The molecule has 0 saturated carbocycles. The molecule has 3 amide bonds. The summed E-state index contributed by atoms with van der Waals surface area (Å²) in [6.45, 7) is 1.54. The van der Waals surface area contributed by atoms with E-state index in [0.717, 1.165) is 50.5 Å². The van der Waals surface area contributed by atoms with Crippen LogP contribution in [0.25, 0.3) is 0 Å². The van der Waals surface area contributed by atoms with Crippen molar-refractivity contribution in [3.63, 3.8) is 0 Å². The zero-order valence-corrected chi connectivity index (χ0v) is 24.0. The molecule has 0 heterocycles. The Morgan fingerprint density at radius 1 is 0.632 bits per heavy atom. The highest BCUT2D eigenvalue weighted by molar-refractivity contribution is 7.97. The predicted molar refractivity (Wildman–Crippen MR) is 150 cm³/mol. The van der Waals surface area contributed by atoms with Gasteiger partial charge in [0.2, 0.25) is 11.8 Å². The summed E-state index contributed by atoms with van der Waals surface area (Å²) in [4.78, 5) is 57.7. The molecule has 0 saturated heterocycles. The van der Waals surface area contributed by atoms with Crippen LogP contribution in [0.15, 0.2) is 0 Å². The topological polar surface area (TPSA) is 162 Å². The normalized spacial score (nSPS) is 12.4. The lowest BCUT2D eigenvalue weighted by atomic mass is 10.0. The number of carbonyl (C=O) groups is 5. The summed E-state index contributed by atoms with van der Waals surface area (Å²) in [5.41, 5.74) is 0. The van der Waals surface area contributed by atoms with E-state index in [9.17, 15) is 29.1 Å². The molecule has 0 fully saturated rings. The van der Waals surface area contributed by atoms with E-state index < -0.39 is 29.9 Å². The van der Waals surface area contributed by atoms with Gasteiger partial charge in [-0.05, 0) is 26.2 Å². The summed E-state index contributed by atoms with van der Waals surface area (Å²) < 4.78 is 2.52. The Balaban J connectivity index is 3.75. The van der Waals surface area contributed by atoms with Crippen LogP contribution in [-0.4, -0.2) is 58.2 Å². The van der Waals surface area contributed by atoms with E-state index in [0.29, 0.717) is 6.42 Å². The first-order valence-electron chi connectivity index (χ1n) is 14.0. The van der Waals surface area contributed by atoms with Crippen molar-refractivity contribution in [1.29, 1.82) is 0 Å². The quantitative estimate of drug-likeness (QED) is 0.0803. The predicted octanol–water partition coefficient (Wildman–Crippen LogP) is 4.56. The Bertz CT molecular complexity index is 706. The lowest BCUT2D eigenvalue weighted by Crippen LogP contribution is -2.44. The highest BCUT2D eigenvalue weighted by atomic mass is 32.2. The van der Waals surface area contributed by atoms with E-state index in [-0.39, 0.29) is 37.5 Å². The minimum Gasteiger partial charge on any atom is -0.481 e. The largest absolute Gasteiger partial charge is 0.481 e. The maximum absolute atomic E-state index is 12.1. The maximum Gasteiger partial charge on any atom is 0.326 e. The van der Waals surface area contributed by atoms with Gasteiger partial charge in [0.1, 0.15) is 12.1 Å². The molecule has 0 spiro atoms. The molecule has 0 aliphatic carbocycles. The number of hydrogen-bond acceptors (Lipinski definition) is 6. The molecule has 2 atom stereocenters. The van der Waals surface area contributed by atoms with Gasteiger partial charge in [0.25, 0.3) is 5.91 Å². The van der Waals surface area contributed by atoms with E-state index in [2.05, 4.69) is 15.4 Å². The summed E-state index contributed by atoms with van der Waals surface area (Å²) in [6.07, 6.45) is 17.3. The van der Waals surface area contributed by atoms with Crippen molar-refractivity contribution in [2.24, 2.45) is 0 Å². The fourth-order valence-corrected chi connectivity index (χ4v) is 4.43. The number of carboxylic acids is 2. The Morgan fingerprint density at radius 3 is 1.47 bits per heavy atom. The molecule has 0 aliphatic rings. The standard InChI is InChI=1S/C27H49N3O7S/c1-21(26(35)30-38-2)28-24(32)20-19-22(27(36)37)29-23(31)17-15-13-11-9-7-5-3-4-6-8-10-12-14-16-18-25(33)34/h21-22H,3-20H2,1-2H3,(H,28,32)(H,29,31)(H,30,35)(H,33,34)(H,36,37)/t21-,22-/m0/s1. The second-order valence-corrected chi connectivity index (χ2v) is 10.4. The number of nitrogens with one attached hydrogen (secondary N) is 3. The van der Waals surface area contributed by atoms with Crippen LogP contribution in [-0.2, 0) is 24.0 Å². The maximum atomic E-state index is 12.1. The van der Waals surface area contributed by atoms with Gasteiger partial charge in [-0.25, -0.2) is 4.79 Å². The Morgan fingerprint density at radius 2 is 1.05 bits per heavy atom. The smallest absolute Gasteiger partial charge is 0.326 e. The van der Waals surface area contributed by atoms with Crippen LogP contribution in [0.5, 0.6) is 0 Å². The highest BCUT2D eigenvalue weighted by Gasteiger charge is 2.22. The third kappa shape index (κ3) is 21.8. The van der Waals surface area contributed by atoms with Crippen molar-refractivity contribution in [1.82, 2.24) is 15.4 Å². The minimum absolute atomic E-state index is 0.0451. The first kappa shape index (κ1) is 35.7. The molecule has 5 N–H and O–H groups in total. The molecule has 220 valence electrons. The minimum atomic E-state index is -1.19. The van der Waals surface area contributed by atoms with E-state index in [1.54, 1.807) is 13.2 Å². The third-order valence-corrected chi connectivity index (χ3v) is 6.72. The van der Waals surface area contributed by atoms with Gasteiger partial charge in [-0.1, -0.05) is 89.0 Å². The number of carboxylic acid groups (broad SMARTS) is 2. The monoisotopic (exact) mass is 559 g/mol. The molecule has 38 heavy (non-hydrogen) atoms. The fraction of sp³-hybridized carbons (Fsp3) is 0.815. The van der Waals surface area contributed by atoms with Crippen LogP contribution in [0, 0.1) is 0 Å². The summed E-state index contributed by atoms with van der Waals surface area (Å²) in [5.74, 6) is -3.01. The van der Waals surface area contributed by atoms with Crippen LogP contribution in [0.4, 0.5) is 0 Å². The molecule has 0 bridgehead atoms. The number of unbranched alkanes of at least 4 members (excludes halogenated alkanes) is 13. The van der Waals surface area contributed by atoms with Crippen LogP contribution >= 0.6 is 11.9 Å². The molecule has 0 aromatic carbocycles. The van der Waals surface area contributed by atoms with Gasteiger partial charge in [0, 0.05) is 25.5 Å². The van der Waals surface area contributed by atoms with E-state index in [1.807, 2.05) is 0 Å². The molecule has 0 aliphatic heterocycles. The van der Waals surface area contributed by atoms with E-state index in [4.69, 9.17) is 5.11 Å². The van der Waals surface area contributed by atoms with Gasteiger partial charge >= 0.3 is 11.9 Å². The molecule has 0 unspecified atom stereocenters. The molecule has 0 aromatic heterocycles. The lowest BCUT2D eigenvalue weighted by Gasteiger charge is -2.16. The number of aliphatic carboxylic acids is 2. The Labute approximate surface area is 232 Å². The van der Waals surface area contributed by atoms with Crippen molar-refractivity contribution < 1.29 is 34.2 Å². The summed E-state index contributed by atoms with van der Waals surface area (Å²) in [5, 5.41) is 23.0. The van der Waals surface area contributed by atoms with Gasteiger partial charge in [-0.15, -0.1) is 0 Å². The molecule has 0 rings (SSSR count). The van der Waals surface area contributed by atoms with Crippen LogP contribution in [0.3, 0.4) is 0 Å². The van der Waals surface area contributed by atoms with Crippen molar-refractivity contribution >= 4 is 41.6 Å². The molecular formula is C27H49N3O7S. The summed E-state index contributed by atoms with van der Waals surface area (Å²) in [7, 11) is 0. The third-order valence-electron chi connectivity index (χ3n) is 6.31. The second kappa shape index (κ2) is 23.8. The van der Waals surface area contributed by atoms with E-state index in [1.165, 1.54) is 44.9 Å². The number of amides is 3. The van der Waals surface area contributed by atoms with Gasteiger partial charge in [-0.2, -0.15) is 0 Å². The average Bonchev–Trinajstić information content (AvgIpc) is 2.85. The Kier molecular flexibility index (Phi) is 22.4. The first-order chi connectivity index (χ1) is 18.2. The SMILES string of the molecule is CSNC(=O)[C@H](C)NC(=O)CC[C@H](NC(=O)CCCCCCCCCCCCCCCCC(=O)O)C(=O)O. The average molecular weight is 560 g/mol. The zero-order chi connectivity index (χ0) is 28.6. The summed E-state index contributed by atoms with van der Waals surface area (Å²) in [6, 6.07) is -1.87. The first-order valence-corrected chi connectivity index (χ1v) is 15.3. The van der Waals surface area contributed by atoms with Crippen LogP contribution < -0.4 is 15.4 Å². The molecular weight excluding hydrogens is 510 g/mol. The molecule has 0 radical (unpaired) electrons. The van der Waals surface area contributed by atoms with Gasteiger partial charge in [-0.3, -0.25) is 23.9 Å². The number of hydrogen-bond donors (Lipinski definition) is 5. The van der Waals surface area contributed by atoms with Gasteiger partial charge in [0.15, 0.2) is 0 Å². The van der Waals surface area contributed by atoms with Crippen molar-refractivity contribution in [3.05, 3.63) is 0 Å². The van der Waals surface area contributed by atoms with Crippen molar-refractivity contribution in [2.45, 2.75) is 135 Å². The van der Waals surface area contributed by atoms with Crippen LogP contribution in [0.2, 0.25) is 0 Å². The number of carbonyl (C=O) groups excluding carboxylic acids is 3. The number of rotatable bonds is 25. The lowest BCUT2D eigenvalue weighted by molar-refractivity contribution is -0.142. The van der Waals surface area contributed by atoms with Crippen molar-refractivity contribution in [3.8, 4) is 0 Å². The highest BCUT2D eigenvalue weighted by Crippen LogP contribution is 2.14.